The lowest BCUT2D eigenvalue weighted by molar-refractivity contribution is -0.122. The summed E-state index contributed by atoms with van der Waals surface area (Å²) in [7, 11) is 0. The maximum Gasteiger partial charge on any atom is 0.222 e. The first-order valence-corrected chi connectivity index (χ1v) is 5.26. The van der Waals surface area contributed by atoms with Crippen LogP contribution in [0.25, 0.3) is 0 Å². The number of aromatic nitrogens is 6. The van der Waals surface area contributed by atoms with Crippen molar-refractivity contribution < 1.29 is 4.79 Å². The smallest absolute Gasteiger partial charge is 0.222 e. The summed E-state index contributed by atoms with van der Waals surface area (Å²) in [5.41, 5.74) is 0. The lowest BCUT2D eigenvalue weighted by atomic mass is 10.3. The lowest BCUT2D eigenvalue weighted by Crippen LogP contribution is -2.28. The zero-order valence-corrected chi connectivity index (χ0v) is 9.37. The topological polar surface area (TPSA) is 101 Å². The zero-order valence-electron chi connectivity index (χ0n) is 9.37. The molecule has 8 heteroatoms. The van der Waals surface area contributed by atoms with Gasteiger partial charge in [0.25, 0.3) is 0 Å². The number of carbonyl (C=O) groups excluding carboxylic acids is 1. The van der Waals surface area contributed by atoms with Crippen LogP contribution in [-0.2, 0) is 11.3 Å². The van der Waals surface area contributed by atoms with Gasteiger partial charge in [0.1, 0.15) is 0 Å². The Balaban J connectivity index is 1.77. The third-order valence-electron chi connectivity index (χ3n) is 2.25. The molecule has 0 aromatic carbocycles. The van der Waals surface area contributed by atoms with E-state index in [1.807, 2.05) is 12.3 Å². The number of hydrogen-bond acceptors (Lipinski definition) is 5. The van der Waals surface area contributed by atoms with Crippen LogP contribution in [0.1, 0.15) is 25.2 Å². The molecule has 2 rings (SSSR count). The number of aryl methyl sites for hydroxylation is 1. The van der Waals surface area contributed by atoms with Gasteiger partial charge in [0.15, 0.2) is 5.82 Å². The Hall–Kier alpha value is -2.25. The molecule has 0 radical (unpaired) electrons. The summed E-state index contributed by atoms with van der Waals surface area (Å²) in [4.78, 5) is 11.6. The third kappa shape index (κ3) is 3.10. The minimum atomic E-state index is -0.251. The Morgan fingerprint density at radius 2 is 2.53 bits per heavy atom. The summed E-state index contributed by atoms with van der Waals surface area (Å²) in [6, 6.07) is 1.57. The van der Waals surface area contributed by atoms with Crippen LogP contribution in [0.2, 0.25) is 0 Å². The van der Waals surface area contributed by atoms with Gasteiger partial charge in [-0.3, -0.25) is 9.48 Å². The average molecular weight is 235 g/mol. The minimum Gasteiger partial charge on any atom is -0.346 e. The largest absolute Gasteiger partial charge is 0.346 e. The summed E-state index contributed by atoms with van der Waals surface area (Å²) in [6.45, 7) is 2.36. The van der Waals surface area contributed by atoms with Crippen LogP contribution in [0.15, 0.2) is 18.5 Å². The van der Waals surface area contributed by atoms with E-state index in [1.165, 1.54) is 0 Å². The van der Waals surface area contributed by atoms with E-state index in [2.05, 4.69) is 31.0 Å². The number of hydrogen-bond donors (Lipinski definition) is 2. The van der Waals surface area contributed by atoms with Crippen LogP contribution in [0.5, 0.6) is 0 Å². The minimum absolute atomic E-state index is 0.0715. The maximum absolute atomic E-state index is 11.6. The van der Waals surface area contributed by atoms with Crippen molar-refractivity contribution in [2.24, 2.45) is 0 Å². The second kappa shape index (κ2) is 5.19. The van der Waals surface area contributed by atoms with Crippen LogP contribution < -0.4 is 5.32 Å². The zero-order chi connectivity index (χ0) is 12.1. The highest BCUT2D eigenvalue weighted by atomic mass is 16.1. The van der Waals surface area contributed by atoms with E-state index in [4.69, 9.17) is 0 Å². The van der Waals surface area contributed by atoms with E-state index in [1.54, 1.807) is 17.8 Å². The van der Waals surface area contributed by atoms with Gasteiger partial charge in [0.05, 0.1) is 6.04 Å². The normalized spacial score (nSPS) is 12.3. The van der Waals surface area contributed by atoms with Gasteiger partial charge in [-0.1, -0.05) is 5.21 Å². The maximum atomic E-state index is 11.6. The first-order chi connectivity index (χ1) is 8.25. The molecule has 8 nitrogen and oxygen atoms in total. The van der Waals surface area contributed by atoms with E-state index < -0.39 is 0 Å². The highest BCUT2D eigenvalue weighted by molar-refractivity contribution is 5.76. The number of aromatic amines is 1. The molecule has 0 bridgehead atoms. The fraction of sp³-hybridized carbons (Fsp3) is 0.444. The van der Waals surface area contributed by atoms with Gasteiger partial charge in [-0.05, 0) is 13.0 Å². The van der Waals surface area contributed by atoms with Crippen LogP contribution in [-0.4, -0.2) is 36.3 Å². The second-order valence-electron chi connectivity index (χ2n) is 3.58. The van der Waals surface area contributed by atoms with Crippen LogP contribution >= 0.6 is 0 Å². The van der Waals surface area contributed by atoms with Crippen LogP contribution in [0, 0.1) is 0 Å². The standard InChI is InChI=1S/C9H13N7O/c1-7(9-12-14-15-13-9)11-8(17)3-6-16-5-2-4-10-16/h2,4-5,7H,3,6H2,1H3,(H,11,17)(H,12,13,14,15). The molecule has 0 saturated heterocycles. The number of tetrazole rings is 1. The summed E-state index contributed by atoms with van der Waals surface area (Å²) in [6.07, 6.45) is 3.86. The number of nitrogens with zero attached hydrogens (tertiary/aromatic N) is 5. The fourth-order valence-electron chi connectivity index (χ4n) is 1.38. The molecule has 1 unspecified atom stereocenters. The molecule has 1 amide bonds. The van der Waals surface area contributed by atoms with Crippen molar-refractivity contribution in [2.75, 3.05) is 0 Å². The van der Waals surface area contributed by atoms with Crippen molar-refractivity contribution >= 4 is 5.91 Å². The van der Waals surface area contributed by atoms with E-state index in [-0.39, 0.29) is 11.9 Å². The van der Waals surface area contributed by atoms with E-state index in [9.17, 15) is 4.79 Å². The highest BCUT2D eigenvalue weighted by Crippen LogP contribution is 2.03. The Kier molecular flexibility index (Phi) is 3.43. The van der Waals surface area contributed by atoms with Crippen LogP contribution in [0.3, 0.4) is 0 Å². The number of nitrogens with one attached hydrogen (secondary N) is 2. The van der Waals surface area contributed by atoms with Crippen molar-refractivity contribution in [1.29, 1.82) is 0 Å². The van der Waals surface area contributed by atoms with E-state index in [0.29, 0.717) is 18.8 Å². The van der Waals surface area contributed by atoms with Gasteiger partial charge < -0.3 is 5.32 Å². The monoisotopic (exact) mass is 235 g/mol. The SMILES string of the molecule is CC(NC(=O)CCn1cccn1)c1nn[nH]n1. The van der Waals surface area contributed by atoms with Crippen molar-refractivity contribution in [3.63, 3.8) is 0 Å². The summed E-state index contributed by atoms with van der Waals surface area (Å²) in [5.74, 6) is 0.398. The van der Waals surface area contributed by atoms with Crippen molar-refractivity contribution in [3.8, 4) is 0 Å². The Morgan fingerprint density at radius 3 is 3.18 bits per heavy atom. The van der Waals surface area contributed by atoms with Crippen molar-refractivity contribution in [2.45, 2.75) is 25.9 Å². The van der Waals surface area contributed by atoms with E-state index in [0.717, 1.165) is 0 Å². The number of amides is 1. The van der Waals surface area contributed by atoms with Crippen LogP contribution in [0.4, 0.5) is 0 Å². The van der Waals surface area contributed by atoms with Gasteiger partial charge in [-0.25, -0.2) is 0 Å². The number of carbonyl (C=O) groups is 1. The van der Waals surface area contributed by atoms with Gasteiger partial charge in [-0.2, -0.15) is 10.3 Å². The number of H-pyrrole nitrogens is 1. The molecule has 1 atom stereocenters. The van der Waals surface area contributed by atoms with Gasteiger partial charge >= 0.3 is 0 Å². The molecule has 0 aliphatic carbocycles. The molecule has 0 aliphatic rings. The number of rotatable bonds is 5. The van der Waals surface area contributed by atoms with Gasteiger partial charge in [0, 0.05) is 25.4 Å². The molecular formula is C9H13N7O. The molecule has 17 heavy (non-hydrogen) atoms. The molecule has 2 N–H and O–H groups in total. The van der Waals surface area contributed by atoms with Gasteiger partial charge in [0.2, 0.25) is 5.91 Å². The highest BCUT2D eigenvalue weighted by Gasteiger charge is 2.12. The quantitative estimate of drug-likeness (QED) is 0.738. The molecule has 2 aromatic heterocycles. The summed E-state index contributed by atoms with van der Waals surface area (Å²) >= 11 is 0. The molecule has 90 valence electrons. The average Bonchev–Trinajstić information content (AvgIpc) is 2.99. The molecular weight excluding hydrogens is 222 g/mol. The molecule has 0 spiro atoms. The predicted octanol–water partition coefficient (Wildman–Crippen LogP) is -0.336. The third-order valence-corrected chi connectivity index (χ3v) is 2.25. The Labute approximate surface area is 97.4 Å². The molecule has 0 aliphatic heterocycles. The molecule has 2 aromatic rings. The molecule has 0 fully saturated rings. The predicted molar refractivity (Wildman–Crippen MR) is 57.6 cm³/mol. The molecule has 2 heterocycles. The summed E-state index contributed by atoms with van der Waals surface area (Å²) in [5, 5.41) is 20.2. The van der Waals surface area contributed by atoms with Gasteiger partial charge in [-0.15, -0.1) is 10.2 Å². The van der Waals surface area contributed by atoms with E-state index >= 15 is 0 Å². The first-order valence-electron chi connectivity index (χ1n) is 5.26. The summed E-state index contributed by atoms with van der Waals surface area (Å²) < 4.78 is 1.71. The van der Waals surface area contributed by atoms with Crippen molar-refractivity contribution in [3.05, 3.63) is 24.3 Å². The van der Waals surface area contributed by atoms with Crippen molar-refractivity contribution in [1.82, 2.24) is 35.7 Å². The fourth-order valence-corrected chi connectivity index (χ4v) is 1.38. The Bertz CT molecular complexity index is 450. The molecule has 0 saturated carbocycles. The first kappa shape index (κ1) is 11.2. The Morgan fingerprint density at radius 1 is 1.65 bits per heavy atom. The lowest BCUT2D eigenvalue weighted by Gasteiger charge is -2.09. The second-order valence-corrected chi connectivity index (χ2v) is 3.58.